The fraction of sp³-hybridized carbons (Fsp3) is 1.00. The fourth-order valence-corrected chi connectivity index (χ4v) is 1.98. The van der Waals surface area contributed by atoms with Gasteiger partial charge in [-0.15, -0.1) is 0 Å². The minimum atomic E-state index is 0.0873. The van der Waals surface area contributed by atoms with Gasteiger partial charge in [-0.1, -0.05) is 13.3 Å². The second kappa shape index (κ2) is 7.25. The summed E-state index contributed by atoms with van der Waals surface area (Å²) in [6.07, 6.45) is 5.12. The maximum absolute atomic E-state index is 5.89. The normalized spacial score (nSPS) is 23.8. The van der Waals surface area contributed by atoms with Crippen LogP contribution in [0.5, 0.6) is 0 Å². The van der Waals surface area contributed by atoms with Crippen molar-refractivity contribution in [3.8, 4) is 0 Å². The molecule has 16 heavy (non-hydrogen) atoms. The summed E-state index contributed by atoms with van der Waals surface area (Å²) in [5, 5.41) is 3.39. The molecule has 1 saturated heterocycles. The van der Waals surface area contributed by atoms with Crippen molar-refractivity contribution in [2.75, 3.05) is 26.3 Å². The Kier molecular flexibility index (Phi) is 6.32. The zero-order chi connectivity index (χ0) is 11.9. The monoisotopic (exact) mass is 229 g/mol. The van der Waals surface area contributed by atoms with Gasteiger partial charge in [-0.05, 0) is 33.1 Å². The Morgan fingerprint density at radius 2 is 2.19 bits per heavy atom. The molecule has 1 aliphatic rings. The molecule has 96 valence electrons. The number of ether oxygens (including phenoxy) is 2. The molecule has 0 aliphatic carbocycles. The smallest absolute Gasteiger partial charge is 0.0707 e. The second-order valence-corrected chi connectivity index (χ2v) is 5.21. The fourth-order valence-electron chi connectivity index (χ4n) is 1.98. The third-order valence-electron chi connectivity index (χ3n) is 2.99. The first-order valence-corrected chi connectivity index (χ1v) is 6.60. The van der Waals surface area contributed by atoms with Crippen LogP contribution in [0.15, 0.2) is 0 Å². The molecule has 1 fully saturated rings. The van der Waals surface area contributed by atoms with Crippen molar-refractivity contribution in [1.29, 1.82) is 0 Å². The summed E-state index contributed by atoms with van der Waals surface area (Å²) in [6, 6.07) is 0. The molecule has 0 aromatic rings. The van der Waals surface area contributed by atoms with Crippen LogP contribution in [0, 0.1) is 0 Å². The van der Waals surface area contributed by atoms with E-state index >= 15 is 0 Å². The summed E-state index contributed by atoms with van der Waals surface area (Å²) in [7, 11) is 0. The Morgan fingerprint density at radius 1 is 1.38 bits per heavy atom. The van der Waals surface area contributed by atoms with Crippen LogP contribution in [-0.4, -0.2) is 38.0 Å². The average molecular weight is 229 g/mol. The van der Waals surface area contributed by atoms with E-state index in [0.29, 0.717) is 6.10 Å². The molecular formula is C13H27NO2. The lowest BCUT2D eigenvalue weighted by molar-refractivity contribution is -0.0147. The first-order valence-electron chi connectivity index (χ1n) is 6.60. The van der Waals surface area contributed by atoms with Crippen molar-refractivity contribution < 1.29 is 9.47 Å². The molecule has 0 aromatic heterocycles. The molecule has 1 N–H and O–H groups in total. The van der Waals surface area contributed by atoms with Gasteiger partial charge < -0.3 is 14.8 Å². The Bertz CT molecular complexity index is 183. The van der Waals surface area contributed by atoms with Gasteiger partial charge in [0.05, 0.1) is 18.3 Å². The molecule has 1 aliphatic heterocycles. The van der Waals surface area contributed by atoms with E-state index in [4.69, 9.17) is 9.47 Å². The molecule has 3 heteroatoms. The lowest BCUT2D eigenvalue weighted by Crippen LogP contribution is -2.31. The minimum Gasteiger partial charge on any atom is -0.380 e. The van der Waals surface area contributed by atoms with Gasteiger partial charge in [0, 0.05) is 19.7 Å². The van der Waals surface area contributed by atoms with Crippen molar-refractivity contribution in [2.45, 2.75) is 58.2 Å². The Hall–Kier alpha value is -0.120. The maximum Gasteiger partial charge on any atom is 0.0707 e. The molecule has 0 radical (unpaired) electrons. The van der Waals surface area contributed by atoms with E-state index in [2.05, 4.69) is 26.1 Å². The van der Waals surface area contributed by atoms with Crippen molar-refractivity contribution >= 4 is 0 Å². The second-order valence-electron chi connectivity index (χ2n) is 5.21. The zero-order valence-corrected chi connectivity index (χ0v) is 11.1. The van der Waals surface area contributed by atoms with Crippen molar-refractivity contribution in [2.24, 2.45) is 0 Å². The van der Waals surface area contributed by atoms with Gasteiger partial charge in [-0.2, -0.15) is 0 Å². The van der Waals surface area contributed by atoms with Gasteiger partial charge in [0.15, 0.2) is 0 Å². The summed E-state index contributed by atoms with van der Waals surface area (Å²) >= 11 is 0. The summed E-state index contributed by atoms with van der Waals surface area (Å²) in [4.78, 5) is 0. The Morgan fingerprint density at radius 3 is 2.81 bits per heavy atom. The first kappa shape index (κ1) is 13.9. The summed E-state index contributed by atoms with van der Waals surface area (Å²) in [5.74, 6) is 0. The molecule has 0 spiro atoms. The highest BCUT2D eigenvalue weighted by Crippen LogP contribution is 2.28. The van der Waals surface area contributed by atoms with Crippen molar-refractivity contribution in [3.63, 3.8) is 0 Å². The Labute approximate surface area is 99.9 Å². The predicted octanol–water partition coefficient (Wildman–Crippen LogP) is 2.35. The highest BCUT2D eigenvalue weighted by molar-refractivity contribution is 4.81. The van der Waals surface area contributed by atoms with Crippen LogP contribution in [0.1, 0.15) is 46.5 Å². The lowest BCUT2D eigenvalue weighted by atomic mass is 10.1. The van der Waals surface area contributed by atoms with Crippen molar-refractivity contribution in [3.05, 3.63) is 0 Å². The van der Waals surface area contributed by atoms with Gasteiger partial charge in [0.25, 0.3) is 0 Å². The van der Waals surface area contributed by atoms with Crippen LogP contribution in [0.3, 0.4) is 0 Å². The van der Waals surface area contributed by atoms with Crippen LogP contribution in [0.25, 0.3) is 0 Å². The van der Waals surface area contributed by atoms with E-state index in [-0.39, 0.29) is 5.60 Å². The largest absolute Gasteiger partial charge is 0.380 e. The van der Waals surface area contributed by atoms with Crippen LogP contribution in [0.2, 0.25) is 0 Å². The lowest BCUT2D eigenvalue weighted by Gasteiger charge is -2.19. The van der Waals surface area contributed by atoms with Gasteiger partial charge in [-0.3, -0.25) is 0 Å². The molecular weight excluding hydrogens is 202 g/mol. The number of rotatable bonds is 8. The molecule has 0 saturated carbocycles. The van der Waals surface area contributed by atoms with Gasteiger partial charge in [0.2, 0.25) is 0 Å². The van der Waals surface area contributed by atoms with Gasteiger partial charge >= 0.3 is 0 Å². The standard InChI is InChI=1S/C13H27NO2/c1-4-5-9-15-10-8-14-11-12-6-7-13(2,3)16-12/h12,14H,4-11H2,1-3H3. The SMILES string of the molecule is CCCCOCCNCC1CCC(C)(C)O1. The zero-order valence-electron chi connectivity index (χ0n) is 11.1. The van der Waals surface area contributed by atoms with E-state index in [1.807, 2.05) is 0 Å². The van der Waals surface area contributed by atoms with Crippen LogP contribution < -0.4 is 5.32 Å². The third-order valence-corrected chi connectivity index (χ3v) is 2.99. The molecule has 0 bridgehead atoms. The molecule has 0 amide bonds. The summed E-state index contributed by atoms with van der Waals surface area (Å²) in [5.41, 5.74) is 0.0873. The van der Waals surface area contributed by atoms with E-state index < -0.39 is 0 Å². The molecule has 1 atom stereocenters. The predicted molar refractivity (Wildman–Crippen MR) is 66.8 cm³/mol. The Balaban J connectivity index is 1.88. The topological polar surface area (TPSA) is 30.5 Å². The molecule has 1 unspecified atom stereocenters. The van der Waals surface area contributed by atoms with Crippen LogP contribution in [-0.2, 0) is 9.47 Å². The quantitative estimate of drug-likeness (QED) is 0.648. The van der Waals surface area contributed by atoms with Gasteiger partial charge in [0.1, 0.15) is 0 Å². The van der Waals surface area contributed by atoms with Crippen LogP contribution >= 0.6 is 0 Å². The third kappa shape index (κ3) is 5.83. The molecule has 1 heterocycles. The van der Waals surface area contributed by atoms with Crippen LogP contribution in [0.4, 0.5) is 0 Å². The van der Waals surface area contributed by atoms with E-state index in [1.165, 1.54) is 25.7 Å². The average Bonchev–Trinajstić information content (AvgIpc) is 2.57. The van der Waals surface area contributed by atoms with Gasteiger partial charge in [-0.25, -0.2) is 0 Å². The summed E-state index contributed by atoms with van der Waals surface area (Å²) < 4.78 is 11.4. The number of hydrogen-bond donors (Lipinski definition) is 1. The number of nitrogens with one attached hydrogen (secondary N) is 1. The molecule has 1 rings (SSSR count). The molecule has 3 nitrogen and oxygen atoms in total. The minimum absolute atomic E-state index is 0.0873. The van der Waals surface area contributed by atoms with Crippen molar-refractivity contribution in [1.82, 2.24) is 5.32 Å². The first-order chi connectivity index (χ1) is 7.64. The number of hydrogen-bond acceptors (Lipinski definition) is 3. The number of unbranched alkanes of at least 4 members (excludes halogenated alkanes) is 1. The molecule has 0 aromatic carbocycles. The maximum atomic E-state index is 5.89. The highest BCUT2D eigenvalue weighted by atomic mass is 16.5. The van der Waals surface area contributed by atoms with E-state index in [0.717, 1.165) is 26.3 Å². The van der Waals surface area contributed by atoms with E-state index in [1.54, 1.807) is 0 Å². The summed E-state index contributed by atoms with van der Waals surface area (Å²) in [6.45, 7) is 10.1. The van der Waals surface area contributed by atoms with E-state index in [9.17, 15) is 0 Å². The highest BCUT2D eigenvalue weighted by Gasteiger charge is 2.30.